The van der Waals surface area contributed by atoms with Gasteiger partial charge in [0.25, 0.3) is 11.9 Å². The van der Waals surface area contributed by atoms with Crippen LogP contribution < -0.4 is 5.32 Å². The molecule has 0 radical (unpaired) electrons. The number of nitrogens with one attached hydrogen (secondary N) is 1. The minimum Gasteiger partial charge on any atom is -0.376 e. The molecule has 19 heavy (non-hydrogen) atoms. The van der Waals surface area contributed by atoms with Gasteiger partial charge in [0.15, 0.2) is 0 Å². The molecule has 0 unspecified atom stereocenters. The van der Waals surface area contributed by atoms with Crippen LogP contribution in [0.4, 0.5) is 23.2 Å². The van der Waals surface area contributed by atoms with Crippen LogP contribution in [0.2, 0.25) is 5.02 Å². The van der Waals surface area contributed by atoms with Crippen LogP contribution in [0.15, 0.2) is 24.3 Å². The maximum absolute atomic E-state index is 13.3. The van der Waals surface area contributed by atoms with Gasteiger partial charge in [-0.15, -0.1) is 0 Å². The molecule has 1 heterocycles. The predicted octanol–water partition coefficient (Wildman–Crippen LogP) is 3.90. The fraction of sp³-hybridized carbons (Fsp3) is 0.0833. The van der Waals surface area contributed by atoms with Gasteiger partial charge in [-0.25, -0.2) is 0 Å². The summed E-state index contributed by atoms with van der Waals surface area (Å²) in [6, 6.07) is 6.39. The molecule has 7 heteroatoms. The molecule has 0 aliphatic rings. The lowest BCUT2D eigenvalue weighted by atomic mass is 10.2. The SMILES string of the molecule is Fc1nc(F)c(F)c(NCc2ccc(Cl)cc2)c1F. The normalized spacial score (nSPS) is 10.6. The van der Waals surface area contributed by atoms with Crippen molar-refractivity contribution in [3.8, 4) is 0 Å². The van der Waals surface area contributed by atoms with E-state index in [1.54, 1.807) is 24.3 Å². The number of aromatic nitrogens is 1. The summed E-state index contributed by atoms with van der Waals surface area (Å²) < 4.78 is 52.3. The van der Waals surface area contributed by atoms with Crippen molar-refractivity contribution in [2.75, 3.05) is 5.32 Å². The molecule has 0 amide bonds. The number of anilines is 1. The van der Waals surface area contributed by atoms with Gasteiger partial charge in [0.05, 0.1) is 0 Å². The summed E-state index contributed by atoms with van der Waals surface area (Å²) in [6.45, 7) is -0.0199. The van der Waals surface area contributed by atoms with Crippen molar-refractivity contribution < 1.29 is 17.6 Å². The average Bonchev–Trinajstić information content (AvgIpc) is 2.38. The molecular formula is C12H7ClF4N2. The number of pyridine rings is 1. The molecule has 0 saturated heterocycles. The first-order chi connectivity index (χ1) is 8.99. The Labute approximate surface area is 111 Å². The van der Waals surface area contributed by atoms with Gasteiger partial charge in [-0.2, -0.15) is 22.5 Å². The third kappa shape index (κ3) is 2.96. The molecule has 0 saturated carbocycles. The van der Waals surface area contributed by atoms with Gasteiger partial charge in [0.2, 0.25) is 11.6 Å². The highest BCUT2D eigenvalue weighted by Gasteiger charge is 2.20. The Morgan fingerprint density at radius 1 is 0.947 bits per heavy atom. The second kappa shape index (κ2) is 5.44. The first-order valence-electron chi connectivity index (χ1n) is 5.17. The molecular weight excluding hydrogens is 284 g/mol. The van der Waals surface area contributed by atoms with Crippen molar-refractivity contribution in [1.82, 2.24) is 4.98 Å². The van der Waals surface area contributed by atoms with Crippen molar-refractivity contribution >= 4 is 17.3 Å². The third-order valence-electron chi connectivity index (χ3n) is 2.38. The number of hydrogen-bond donors (Lipinski definition) is 1. The Bertz CT molecular complexity index is 575. The van der Waals surface area contributed by atoms with E-state index >= 15 is 0 Å². The Balaban J connectivity index is 2.22. The monoisotopic (exact) mass is 290 g/mol. The zero-order chi connectivity index (χ0) is 14.0. The molecule has 2 rings (SSSR count). The Morgan fingerprint density at radius 2 is 1.47 bits per heavy atom. The lowest BCUT2D eigenvalue weighted by Crippen LogP contribution is -2.09. The summed E-state index contributed by atoms with van der Waals surface area (Å²) in [6.07, 6.45) is 0. The zero-order valence-corrected chi connectivity index (χ0v) is 10.1. The van der Waals surface area contributed by atoms with Crippen LogP contribution in [0, 0.1) is 23.5 Å². The van der Waals surface area contributed by atoms with Gasteiger partial charge in [0.1, 0.15) is 5.69 Å². The van der Waals surface area contributed by atoms with E-state index < -0.39 is 29.2 Å². The minimum absolute atomic E-state index is 0.0199. The molecule has 0 aliphatic carbocycles. The highest BCUT2D eigenvalue weighted by molar-refractivity contribution is 6.30. The van der Waals surface area contributed by atoms with Crippen LogP contribution in [0.1, 0.15) is 5.56 Å². The van der Waals surface area contributed by atoms with E-state index in [-0.39, 0.29) is 6.54 Å². The molecule has 1 N–H and O–H groups in total. The first kappa shape index (κ1) is 13.6. The van der Waals surface area contributed by atoms with Crippen molar-refractivity contribution in [3.05, 3.63) is 58.4 Å². The quantitative estimate of drug-likeness (QED) is 0.685. The second-order valence-electron chi connectivity index (χ2n) is 3.68. The van der Waals surface area contributed by atoms with Gasteiger partial charge in [-0.3, -0.25) is 0 Å². The van der Waals surface area contributed by atoms with E-state index in [9.17, 15) is 17.6 Å². The topological polar surface area (TPSA) is 24.9 Å². The summed E-state index contributed by atoms with van der Waals surface area (Å²) in [7, 11) is 0. The number of benzene rings is 1. The van der Waals surface area contributed by atoms with Crippen molar-refractivity contribution in [3.63, 3.8) is 0 Å². The highest BCUT2D eigenvalue weighted by atomic mass is 35.5. The number of nitrogens with zero attached hydrogens (tertiary/aromatic N) is 1. The fourth-order valence-corrected chi connectivity index (χ4v) is 1.56. The minimum atomic E-state index is -1.70. The average molecular weight is 291 g/mol. The zero-order valence-electron chi connectivity index (χ0n) is 9.35. The molecule has 2 aromatic rings. The summed E-state index contributed by atoms with van der Waals surface area (Å²) in [4.78, 5) is 2.46. The summed E-state index contributed by atoms with van der Waals surface area (Å²) in [5, 5.41) is 2.79. The fourth-order valence-electron chi connectivity index (χ4n) is 1.43. The highest BCUT2D eigenvalue weighted by Crippen LogP contribution is 2.22. The number of halogens is 5. The van der Waals surface area contributed by atoms with E-state index in [1.165, 1.54) is 0 Å². The Morgan fingerprint density at radius 3 is 2.00 bits per heavy atom. The smallest absolute Gasteiger partial charge is 0.253 e. The molecule has 2 nitrogen and oxygen atoms in total. The predicted molar refractivity (Wildman–Crippen MR) is 62.8 cm³/mol. The summed E-state index contributed by atoms with van der Waals surface area (Å²) in [5.41, 5.74) is -0.249. The molecule has 0 atom stereocenters. The Hall–Kier alpha value is -1.82. The molecule has 0 aliphatic heterocycles. The van der Waals surface area contributed by atoms with Gasteiger partial charge >= 0.3 is 0 Å². The van der Waals surface area contributed by atoms with Crippen LogP contribution in [0.5, 0.6) is 0 Å². The van der Waals surface area contributed by atoms with Crippen LogP contribution in [-0.2, 0) is 6.54 Å². The lowest BCUT2D eigenvalue weighted by molar-refractivity contribution is 0.410. The summed E-state index contributed by atoms with van der Waals surface area (Å²) in [5.74, 6) is -6.52. The van der Waals surface area contributed by atoms with Crippen molar-refractivity contribution in [1.29, 1.82) is 0 Å². The maximum Gasteiger partial charge on any atom is 0.253 e. The molecule has 0 fully saturated rings. The molecule has 1 aromatic heterocycles. The van der Waals surface area contributed by atoms with Crippen LogP contribution in [0.25, 0.3) is 0 Å². The largest absolute Gasteiger partial charge is 0.376 e. The molecule has 0 bridgehead atoms. The van der Waals surface area contributed by atoms with E-state index in [0.29, 0.717) is 10.6 Å². The number of rotatable bonds is 3. The van der Waals surface area contributed by atoms with Crippen LogP contribution in [-0.4, -0.2) is 4.98 Å². The number of hydrogen-bond acceptors (Lipinski definition) is 2. The van der Waals surface area contributed by atoms with Crippen molar-refractivity contribution in [2.24, 2.45) is 0 Å². The van der Waals surface area contributed by atoms with Crippen LogP contribution >= 0.6 is 11.6 Å². The second-order valence-corrected chi connectivity index (χ2v) is 4.11. The van der Waals surface area contributed by atoms with Gasteiger partial charge in [-0.05, 0) is 17.7 Å². The van der Waals surface area contributed by atoms with E-state index in [4.69, 9.17) is 11.6 Å². The molecule has 1 aromatic carbocycles. The van der Waals surface area contributed by atoms with Crippen molar-refractivity contribution in [2.45, 2.75) is 6.54 Å². The lowest BCUT2D eigenvalue weighted by Gasteiger charge is -2.09. The Kier molecular flexibility index (Phi) is 3.90. The van der Waals surface area contributed by atoms with E-state index in [0.717, 1.165) is 0 Å². The van der Waals surface area contributed by atoms with Gasteiger partial charge in [-0.1, -0.05) is 23.7 Å². The standard InChI is InChI=1S/C12H7ClF4N2/c13-7-3-1-6(2-4-7)5-18-10-8(14)11(16)19-12(17)9(10)15/h1-4H,5H2,(H,18,19). The van der Waals surface area contributed by atoms with E-state index in [2.05, 4.69) is 10.3 Å². The third-order valence-corrected chi connectivity index (χ3v) is 2.63. The first-order valence-corrected chi connectivity index (χ1v) is 5.55. The van der Waals surface area contributed by atoms with Crippen LogP contribution in [0.3, 0.4) is 0 Å². The maximum atomic E-state index is 13.3. The molecule has 0 spiro atoms. The van der Waals surface area contributed by atoms with E-state index in [1.807, 2.05) is 0 Å². The van der Waals surface area contributed by atoms with Gasteiger partial charge in [0, 0.05) is 11.6 Å². The van der Waals surface area contributed by atoms with Gasteiger partial charge < -0.3 is 5.32 Å². The molecule has 100 valence electrons. The summed E-state index contributed by atoms with van der Waals surface area (Å²) >= 11 is 5.67.